The SMILES string of the molecule is CN(CC(=O)Nc1ccc(OCc2ccccc2)cc1)S(=O)(=O)c1ccc(F)cc1. The molecule has 3 aromatic rings. The van der Waals surface area contributed by atoms with Crippen molar-refractivity contribution >= 4 is 21.6 Å². The first-order chi connectivity index (χ1) is 14.3. The molecule has 0 saturated heterocycles. The molecule has 0 aliphatic rings. The standard InChI is InChI=1S/C22H21FN2O4S/c1-25(30(27,28)21-13-7-18(23)8-14-21)15-22(26)24-19-9-11-20(12-10-19)29-16-17-5-3-2-4-6-17/h2-14H,15-16H2,1H3,(H,24,26). The number of halogens is 1. The smallest absolute Gasteiger partial charge is 0.243 e. The van der Waals surface area contributed by atoms with Crippen molar-refractivity contribution in [3.05, 3.63) is 90.2 Å². The molecule has 6 nitrogen and oxygen atoms in total. The van der Waals surface area contributed by atoms with Crippen LogP contribution in [0.3, 0.4) is 0 Å². The molecule has 0 bridgehead atoms. The van der Waals surface area contributed by atoms with Gasteiger partial charge in [0.15, 0.2) is 0 Å². The van der Waals surface area contributed by atoms with Gasteiger partial charge in [-0.05, 0) is 54.1 Å². The Hall–Kier alpha value is -3.23. The van der Waals surface area contributed by atoms with Crippen LogP contribution in [0, 0.1) is 5.82 Å². The summed E-state index contributed by atoms with van der Waals surface area (Å²) in [5.74, 6) is -0.389. The summed E-state index contributed by atoms with van der Waals surface area (Å²) in [6, 6.07) is 21.0. The van der Waals surface area contributed by atoms with E-state index in [9.17, 15) is 17.6 Å². The van der Waals surface area contributed by atoms with Gasteiger partial charge in [-0.15, -0.1) is 0 Å². The topological polar surface area (TPSA) is 75.7 Å². The first kappa shape index (κ1) is 21.5. The van der Waals surface area contributed by atoms with Crippen molar-refractivity contribution < 1.29 is 22.3 Å². The van der Waals surface area contributed by atoms with Gasteiger partial charge in [0.05, 0.1) is 11.4 Å². The number of sulfonamides is 1. The molecule has 30 heavy (non-hydrogen) atoms. The van der Waals surface area contributed by atoms with Gasteiger partial charge in [-0.25, -0.2) is 12.8 Å². The highest BCUT2D eigenvalue weighted by Crippen LogP contribution is 2.18. The number of hydrogen-bond acceptors (Lipinski definition) is 4. The second-order valence-corrected chi connectivity index (χ2v) is 8.61. The van der Waals surface area contributed by atoms with Crippen LogP contribution in [0.25, 0.3) is 0 Å². The maximum Gasteiger partial charge on any atom is 0.243 e. The lowest BCUT2D eigenvalue weighted by Gasteiger charge is -2.17. The lowest BCUT2D eigenvalue weighted by atomic mass is 10.2. The Bertz CT molecular complexity index is 1090. The molecule has 0 heterocycles. The second-order valence-electron chi connectivity index (χ2n) is 6.56. The lowest BCUT2D eigenvalue weighted by molar-refractivity contribution is -0.116. The summed E-state index contributed by atoms with van der Waals surface area (Å²) in [7, 11) is -2.61. The fraction of sp³-hybridized carbons (Fsp3) is 0.136. The molecule has 0 aliphatic carbocycles. The summed E-state index contributed by atoms with van der Waals surface area (Å²) in [5.41, 5.74) is 1.56. The minimum absolute atomic E-state index is 0.0842. The molecule has 0 radical (unpaired) electrons. The Morgan fingerprint density at radius 3 is 2.23 bits per heavy atom. The molecule has 0 aliphatic heterocycles. The number of hydrogen-bond donors (Lipinski definition) is 1. The van der Waals surface area contributed by atoms with E-state index in [-0.39, 0.29) is 11.4 Å². The fourth-order valence-corrected chi connectivity index (χ4v) is 3.78. The lowest BCUT2D eigenvalue weighted by Crippen LogP contribution is -2.34. The first-order valence-corrected chi connectivity index (χ1v) is 10.6. The Morgan fingerprint density at radius 1 is 0.967 bits per heavy atom. The molecular weight excluding hydrogens is 407 g/mol. The van der Waals surface area contributed by atoms with E-state index in [2.05, 4.69) is 5.32 Å². The van der Waals surface area contributed by atoms with Crippen LogP contribution in [0.2, 0.25) is 0 Å². The number of anilines is 1. The van der Waals surface area contributed by atoms with E-state index in [1.165, 1.54) is 7.05 Å². The largest absolute Gasteiger partial charge is 0.489 e. The molecule has 0 aromatic heterocycles. The van der Waals surface area contributed by atoms with E-state index in [4.69, 9.17) is 4.74 Å². The summed E-state index contributed by atoms with van der Waals surface area (Å²) in [4.78, 5) is 12.2. The highest BCUT2D eigenvalue weighted by molar-refractivity contribution is 7.89. The number of nitrogens with zero attached hydrogens (tertiary/aromatic N) is 1. The van der Waals surface area contributed by atoms with Crippen LogP contribution >= 0.6 is 0 Å². The second kappa shape index (κ2) is 9.51. The van der Waals surface area contributed by atoms with E-state index in [0.717, 1.165) is 34.1 Å². The van der Waals surface area contributed by atoms with Gasteiger partial charge in [-0.2, -0.15) is 4.31 Å². The number of carbonyl (C=O) groups is 1. The maximum atomic E-state index is 13.0. The molecule has 3 rings (SSSR count). The number of benzene rings is 3. The van der Waals surface area contributed by atoms with Gasteiger partial charge in [0.2, 0.25) is 15.9 Å². The Labute approximate surface area is 175 Å². The number of ether oxygens (including phenoxy) is 1. The highest BCUT2D eigenvalue weighted by Gasteiger charge is 2.23. The van der Waals surface area contributed by atoms with E-state index in [1.807, 2.05) is 30.3 Å². The molecule has 0 spiro atoms. The predicted octanol–water partition coefficient (Wildman–Crippen LogP) is 3.66. The molecule has 0 atom stereocenters. The van der Waals surface area contributed by atoms with Gasteiger partial charge in [0.25, 0.3) is 0 Å². The van der Waals surface area contributed by atoms with Crippen LogP contribution in [0.15, 0.2) is 83.8 Å². The summed E-state index contributed by atoms with van der Waals surface area (Å²) >= 11 is 0. The van der Waals surface area contributed by atoms with Gasteiger partial charge >= 0.3 is 0 Å². The van der Waals surface area contributed by atoms with Crippen molar-refractivity contribution in [1.82, 2.24) is 4.31 Å². The zero-order valence-corrected chi connectivity index (χ0v) is 17.1. The van der Waals surface area contributed by atoms with Crippen molar-refractivity contribution in [2.75, 3.05) is 18.9 Å². The molecule has 0 saturated carbocycles. The van der Waals surface area contributed by atoms with Gasteiger partial charge in [-0.3, -0.25) is 4.79 Å². The van der Waals surface area contributed by atoms with E-state index in [0.29, 0.717) is 18.0 Å². The third-order valence-electron chi connectivity index (χ3n) is 4.27. The number of rotatable bonds is 8. The quantitative estimate of drug-likeness (QED) is 0.594. The average Bonchev–Trinajstić information content (AvgIpc) is 2.74. The van der Waals surface area contributed by atoms with Crippen LogP contribution in [0.5, 0.6) is 5.75 Å². The van der Waals surface area contributed by atoms with Crippen LogP contribution in [-0.4, -0.2) is 32.2 Å². The normalized spacial score (nSPS) is 11.3. The molecule has 8 heteroatoms. The number of nitrogens with one attached hydrogen (secondary N) is 1. The summed E-state index contributed by atoms with van der Waals surface area (Å²) in [6.07, 6.45) is 0. The third kappa shape index (κ3) is 5.65. The minimum atomic E-state index is -3.90. The summed E-state index contributed by atoms with van der Waals surface area (Å²) in [6.45, 7) is 0.0462. The molecule has 1 N–H and O–H groups in total. The summed E-state index contributed by atoms with van der Waals surface area (Å²) < 4.78 is 44.6. The predicted molar refractivity (Wildman–Crippen MR) is 112 cm³/mol. The average molecular weight is 428 g/mol. The highest BCUT2D eigenvalue weighted by atomic mass is 32.2. The molecule has 3 aromatic carbocycles. The van der Waals surface area contributed by atoms with Crippen LogP contribution in [0.4, 0.5) is 10.1 Å². The zero-order chi connectivity index (χ0) is 21.6. The maximum absolute atomic E-state index is 13.0. The first-order valence-electron chi connectivity index (χ1n) is 9.13. The van der Waals surface area contributed by atoms with Crippen LogP contribution in [-0.2, 0) is 21.4 Å². The number of likely N-dealkylation sites (N-methyl/N-ethyl adjacent to an activating group) is 1. The number of carbonyl (C=O) groups excluding carboxylic acids is 1. The van der Waals surface area contributed by atoms with E-state index >= 15 is 0 Å². The van der Waals surface area contributed by atoms with Gasteiger partial charge in [-0.1, -0.05) is 30.3 Å². The third-order valence-corrected chi connectivity index (χ3v) is 6.09. The van der Waals surface area contributed by atoms with Gasteiger partial charge < -0.3 is 10.1 Å². The monoisotopic (exact) mass is 428 g/mol. The van der Waals surface area contributed by atoms with Crippen molar-refractivity contribution in [1.29, 1.82) is 0 Å². The number of amides is 1. The van der Waals surface area contributed by atoms with Crippen molar-refractivity contribution in [3.63, 3.8) is 0 Å². The minimum Gasteiger partial charge on any atom is -0.489 e. The molecule has 156 valence electrons. The molecule has 0 fully saturated rings. The Balaban J connectivity index is 1.54. The van der Waals surface area contributed by atoms with Crippen molar-refractivity contribution in [2.24, 2.45) is 0 Å². The molecule has 1 amide bonds. The Kier molecular flexibility index (Phi) is 6.81. The zero-order valence-electron chi connectivity index (χ0n) is 16.3. The van der Waals surface area contributed by atoms with E-state index in [1.54, 1.807) is 24.3 Å². The van der Waals surface area contributed by atoms with Crippen LogP contribution < -0.4 is 10.1 Å². The van der Waals surface area contributed by atoms with Gasteiger partial charge in [0, 0.05) is 12.7 Å². The Morgan fingerprint density at radius 2 is 1.60 bits per heavy atom. The molecule has 0 unspecified atom stereocenters. The fourth-order valence-electron chi connectivity index (χ4n) is 2.65. The van der Waals surface area contributed by atoms with E-state index < -0.39 is 21.7 Å². The van der Waals surface area contributed by atoms with Gasteiger partial charge in [0.1, 0.15) is 18.2 Å². The van der Waals surface area contributed by atoms with Crippen molar-refractivity contribution in [2.45, 2.75) is 11.5 Å². The summed E-state index contributed by atoms with van der Waals surface area (Å²) in [5, 5.41) is 2.65. The van der Waals surface area contributed by atoms with Crippen LogP contribution in [0.1, 0.15) is 5.56 Å². The van der Waals surface area contributed by atoms with Crippen molar-refractivity contribution in [3.8, 4) is 5.75 Å². The molecular formula is C22H21FN2O4S.